The second kappa shape index (κ2) is 8.87. The van der Waals surface area contributed by atoms with Gasteiger partial charge >= 0.3 is 0 Å². The Morgan fingerprint density at radius 1 is 0.943 bits per heavy atom. The van der Waals surface area contributed by atoms with Crippen LogP contribution < -0.4 is 0 Å². The first-order valence-electron chi connectivity index (χ1n) is 12.1. The maximum absolute atomic E-state index is 9.92. The van der Waals surface area contributed by atoms with E-state index in [0.29, 0.717) is 5.92 Å². The van der Waals surface area contributed by atoms with Gasteiger partial charge in [-0.2, -0.15) is 5.10 Å². The van der Waals surface area contributed by atoms with Gasteiger partial charge in [0.05, 0.1) is 28.9 Å². The van der Waals surface area contributed by atoms with Gasteiger partial charge in [0.25, 0.3) is 0 Å². The molecule has 1 fully saturated rings. The topological polar surface area (TPSA) is 107 Å². The van der Waals surface area contributed by atoms with Crippen molar-refractivity contribution >= 4 is 21.9 Å². The summed E-state index contributed by atoms with van der Waals surface area (Å²) in [5, 5.41) is 18.7. The van der Waals surface area contributed by atoms with Crippen LogP contribution in [0.25, 0.3) is 44.6 Å². The third-order valence-electron chi connectivity index (χ3n) is 6.97. The zero-order valence-electron chi connectivity index (χ0n) is 20.0. The summed E-state index contributed by atoms with van der Waals surface area (Å²) in [5.41, 5.74) is 8.11. The SMILES string of the molecule is CN(C)Cc1cncc(-c2ccc3[nH]nc(-c4nc5c(C6CCC(O)CC6)cncc5[nH]4)c3c2)c1. The molecule has 0 spiro atoms. The summed E-state index contributed by atoms with van der Waals surface area (Å²) in [7, 11) is 4.12. The van der Waals surface area contributed by atoms with Crippen LogP contribution in [0.4, 0.5) is 0 Å². The maximum atomic E-state index is 9.92. The fourth-order valence-electron chi connectivity index (χ4n) is 5.22. The second-order valence-electron chi connectivity index (χ2n) is 9.87. The van der Waals surface area contributed by atoms with Crippen molar-refractivity contribution in [3.63, 3.8) is 0 Å². The molecule has 0 atom stereocenters. The number of pyridine rings is 2. The number of rotatable bonds is 5. The molecule has 4 aromatic heterocycles. The first kappa shape index (κ1) is 21.9. The number of hydrogen-bond donors (Lipinski definition) is 3. The molecule has 1 saturated carbocycles. The van der Waals surface area contributed by atoms with Crippen molar-refractivity contribution in [1.29, 1.82) is 0 Å². The van der Waals surface area contributed by atoms with Crippen molar-refractivity contribution in [3.8, 4) is 22.6 Å². The van der Waals surface area contributed by atoms with E-state index in [1.54, 1.807) is 0 Å². The summed E-state index contributed by atoms with van der Waals surface area (Å²) in [6.07, 6.45) is 11.0. The first-order chi connectivity index (χ1) is 17.0. The van der Waals surface area contributed by atoms with E-state index in [9.17, 15) is 5.11 Å². The molecule has 0 aliphatic heterocycles. The van der Waals surface area contributed by atoms with Gasteiger partial charge in [0.1, 0.15) is 5.69 Å². The van der Waals surface area contributed by atoms with E-state index in [1.807, 2.05) is 24.8 Å². The van der Waals surface area contributed by atoms with Crippen molar-refractivity contribution in [2.75, 3.05) is 14.1 Å². The Bertz CT molecular complexity index is 1490. The summed E-state index contributed by atoms with van der Waals surface area (Å²) in [6.45, 7) is 0.843. The summed E-state index contributed by atoms with van der Waals surface area (Å²) >= 11 is 0. The van der Waals surface area contributed by atoms with Crippen LogP contribution >= 0.6 is 0 Å². The van der Waals surface area contributed by atoms with E-state index in [2.05, 4.69) is 68.4 Å². The molecule has 8 nitrogen and oxygen atoms in total. The summed E-state index contributed by atoms with van der Waals surface area (Å²) in [5.74, 6) is 1.10. The molecule has 6 rings (SSSR count). The van der Waals surface area contributed by atoms with Crippen LogP contribution in [0.3, 0.4) is 0 Å². The molecule has 35 heavy (non-hydrogen) atoms. The number of H-pyrrole nitrogens is 2. The molecule has 0 radical (unpaired) electrons. The fourth-order valence-corrected chi connectivity index (χ4v) is 5.22. The zero-order chi connectivity index (χ0) is 23.9. The number of nitrogens with one attached hydrogen (secondary N) is 2. The number of fused-ring (bicyclic) bond motifs is 2. The molecule has 178 valence electrons. The second-order valence-corrected chi connectivity index (χ2v) is 9.87. The Balaban J connectivity index is 1.39. The van der Waals surface area contributed by atoms with Crippen LogP contribution in [0.15, 0.2) is 49.1 Å². The average Bonchev–Trinajstić information content (AvgIpc) is 3.48. The van der Waals surface area contributed by atoms with E-state index in [-0.39, 0.29) is 6.10 Å². The first-order valence-corrected chi connectivity index (χ1v) is 12.1. The standard InChI is InChI=1S/C27H29N7O/c1-34(2)15-16-9-19(12-28-11-16)18-5-8-23-21(10-18)26(33-32-23)27-30-24-14-29-13-22(25(24)31-27)17-3-6-20(35)7-4-17/h5,8-14,17,20,35H,3-4,6-7,15H2,1-2H3,(H,30,31)(H,32,33). The van der Waals surface area contributed by atoms with Crippen molar-refractivity contribution < 1.29 is 5.11 Å². The summed E-state index contributed by atoms with van der Waals surface area (Å²) in [4.78, 5) is 19.5. The third-order valence-corrected chi connectivity index (χ3v) is 6.97. The fraction of sp³-hybridized carbons (Fsp3) is 0.333. The Labute approximate surface area is 203 Å². The molecule has 1 aliphatic carbocycles. The third kappa shape index (κ3) is 4.19. The number of nitrogens with zero attached hydrogens (tertiary/aromatic N) is 5. The van der Waals surface area contributed by atoms with Gasteiger partial charge < -0.3 is 15.0 Å². The van der Waals surface area contributed by atoms with Crippen molar-refractivity contribution in [2.45, 2.75) is 44.2 Å². The average molecular weight is 468 g/mol. The lowest BCUT2D eigenvalue weighted by molar-refractivity contribution is 0.122. The maximum Gasteiger partial charge on any atom is 0.159 e. The smallest absolute Gasteiger partial charge is 0.159 e. The lowest BCUT2D eigenvalue weighted by Crippen LogP contribution is -2.17. The number of aromatic amines is 2. The van der Waals surface area contributed by atoms with Gasteiger partial charge in [-0.15, -0.1) is 0 Å². The molecule has 1 aliphatic rings. The van der Waals surface area contributed by atoms with E-state index < -0.39 is 0 Å². The van der Waals surface area contributed by atoms with Gasteiger partial charge in [-0.3, -0.25) is 15.1 Å². The highest BCUT2D eigenvalue weighted by molar-refractivity contribution is 5.95. The number of benzene rings is 1. The molecule has 0 bridgehead atoms. The highest BCUT2D eigenvalue weighted by atomic mass is 16.3. The number of aliphatic hydroxyl groups is 1. The Hall–Kier alpha value is -3.62. The van der Waals surface area contributed by atoms with Crippen LogP contribution in [0, 0.1) is 0 Å². The van der Waals surface area contributed by atoms with Gasteiger partial charge in [-0.1, -0.05) is 6.07 Å². The normalized spacial score (nSPS) is 18.6. The Kier molecular flexibility index (Phi) is 5.54. The summed E-state index contributed by atoms with van der Waals surface area (Å²) < 4.78 is 0. The van der Waals surface area contributed by atoms with Gasteiger partial charge in [0.2, 0.25) is 0 Å². The molecule has 0 saturated heterocycles. The minimum atomic E-state index is -0.184. The monoisotopic (exact) mass is 467 g/mol. The highest BCUT2D eigenvalue weighted by Crippen LogP contribution is 2.37. The molecule has 1 aromatic carbocycles. The molecular weight excluding hydrogens is 438 g/mol. The van der Waals surface area contributed by atoms with Gasteiger partial charge in [-0.25, -0.2) is 4.98 Å². The van der Waals surface area contributed by atoms with Crippen LogP contribution in [-0.4, -0.2) is 60.3 Å². The molecule has 4 heterocycles. The molecular formula is C27H29N7O. The van der Waals surface area contributed by atoms with E-state index in [4.69, 9.17) is 4.98 Å². The Morgan fingerprint density at radius 2 is 1.77 bits per heavy atom. The molecule has 3 N–H and O–H groups in total. The van der Waals surface area contributed by atoms with Crippen molar-refractivity contribution in [3.05, 3.63) is 60.2 Å². The molecule has 0 unspecified atom stereocenters. The lowest BCUT2D eigenvalue weighted by Gasteiger charge is -2.25. The van der Waals surface area contributed by atoms with Gasteiger partial charge in [-0.05, 0) is 75.0 Å². The molecule has 5 aromatic rings. The van der Waals surface area contributed by atoms with E-state index in [1.165, 1.54) is 5.56 Å². The van der Waals surface area contributed by atoms with Crippen molar-refractivity contribution in [2.24, 2.45) is 0 Å². The number of imidazole rings is 1. The Morgan fingerprint density at radius 3 is 2.60 bits per heavy atom. The van der Waals surface area contributed by atoms with Crippen LogP contribution in [0.5, 0.6) is 0 Å². The quantitative estimate of drug-likeness (QED) is 0.348. The minimum Gasteiger partial charge on any atom is -0.393 e. The molecule has 0 amide bonds. The lowest BCUT2D eigenvalue weighted by atomic mass is 9.83. The molecule has 8 heteroatoms. The number of aromatic nitrogens is 6. The highest BCUT2D eigenvalue weighted by Gasteiger charge is 2.24. The van der Waals surface area contributed by atoms with E-state index >= 15 is 0 Å². The van der Waals surface area contributed by atoms with Crippen LogP contribution in [-0.2, 0) is 6.54 Å². The predicted molar refractivity (Wildman–Crippen MR) is 137 cm³/mol. The summed E-state index contributed by atoms with van der Waals surface area (Å²) in [6, 6.07) is 8.50. The van der Waals surface area contributed by atoms with Gasteiger partial charge in [0, 0.05) is 41.6 Å². The van der Waals surface area contributed by atoms with Crippen LogP contribution in [0.2, 0.25) is 0 Å². The zero-order valence-corrected chi connectivity index (χ0v) is 20.0. The number of hydrogen-bond acceptors (Lipinski definition) is 6. The van der Waals surface area contributed by atoms with E-state index in [0.717, 1.165) is 82.4 Å². The number of aliphatic hydroxyl groups excluding tert-OH is 1. The predicted octanol–water partition coefficient (Wildman–Crippen LogP) is 4.64. The van der Waals surface area contributed by atoms with Gasteiger partial charge in [0.15, 0.2) is 5.82 Å². The minimum absolute atomic E-state index is 0.184. The largest absolute Gasteiger partial charge is 0.393 e. The van der Waals surface area contributed by atoms with Crippen LogP contribution in [0.1, 0.15) is 42.7 Å². The van der Waals surface area contributed by atoms with Crippen molar-refractivity contribution in [1.82, 2.24) is 35.0 Å².